The van der Waals surface area contributed by atoms with E-state index in [1.54, 1.807) is 25.1 Å². The maximum absolute atomic E-state index is 13.3. The lowest BCUT2D eigenvalue weighted by atomic mass is 10.1. The summed E-state index contributed by atoms with van der Waals surface area (Å²) in [5, 5.41) is 4.94. The molecule has 1 heterocycles. The van der Waals surface area contributed by atoms with Gasteiger partial charge in [0.1, 0.15) is 5.82 Å². The molecule has 0 N–H and O–H groups in total. The molecule has 0 saturated carbocycles. The molecule has 2 aromatic carbocycles. The zero-order valence-electron chi connectivity index (χ0n) is 20.5. The van der Waals surface area contributed by atoms with Crippen LogP contribution in [0.5, 0.6) is 17.2 Å². The molecule has 2 atom stereocenters. The van der Waals surface area contributed by atoms with E-state index in [2.05, 4.69) is 21.0 Å². The van der Waals surface area contributed by atoms with Crippen molar-refractivity contribution in [3.63, 3.8) is 0 Å². The fourth-order valence-corrected chi connectivity index (χ4v) is 3.75. The molecule has 0 spiro atoms. The number of aromatic nitrogens is 2. The van der Waals surface area contributed by atoms with Gasteiger partial charge in [0, 0.05) is 16.0 Å². The third-order valence-corrected chi connectivity index (χ3v) is 6.01. The van der Waals surface area contributed by atoms with Crippen molar-refractivity contribution in [2.24, 2.45) is 5.10 Å². The number of fused-ring (bicyclic) bond motifs is 1. The van der Waals surface area contributed by atoms with E-state index >= 15 is 0 Å². The van der Waals surface area contributed by atoms with Crippen LogP contribution in [0.3, 0.4) is 0 Å². The molecule has 186 valence electrons. The normalized spacial score (nSPS) is 13.0. The number of carbonyl (C=O) groups excluding carboxylic acids is 1. The number of carbonyl (C=O) groups is 1. The Balaban J connectivity index is 2.10. The smallest absolute Gasteiger partial charge is 0.346 e. The van der Waals surface area contributed by atoms with E-state index in [4.69, 9.17) is 23.9 Å². The molecule has 0 bridgehead atoms. The van der Waals surface area contributed by atoms with E-state index in [-0.39, 0.29) is 17.2 Å². The van der Waals surface area contributed by atoms with Crippen molar-refractivity contribution in [1.82, 2.24) is 9.66 Å². The molecule has 0 aliphatic heterocycles. The van der Waals surface area contributed by atoms with E-state index in [1.807, 2.05) is 26.0 Å². The number of halogens is 1. The Morgan fingerprint density at radius 3 is 2.37 bits per heavy atom. The minimum Gasteiger partial charge on any atom is -0.493 e. The molecule has 0 amide bonds. The average Bonchev–Trinajstić information content (AvgIpc) is 2.87. The standard InChI is InChI=1S/C25H28BrN3O6/c1-7-14(2)23-28-19-9-8-17(26)12-18(19)24(30)29(23)27-13-16-10-20(32-4)22(21(11-16)33-5)35-15(3)25(31)34-6/h8-15H,7H2,1-6H3/t14-,15-/m1/s1. The van der Waals surface area contributed by atoms with Crippen molar-refractivity contribution >= 4 is 39.0 Å². The molecule has 9 nitrogen and oxygen atoms in total. The van der Waals surface area contributed by atoms with Gasteiger partial charge in [0.15, 0.2) is 17.6 Å². The Hall–Kier alpha value is -3.40. The van der Waals surface area contributed by atoms with Gasteiger partial charge in [-0.05, 0) is 43.7 Å². The quantitative estimate of drug-likeness (QED) is 0.288. The molecule has 1 aromatic heterocycles. The lowest BCUT2D eigenvalue weighted by molar-refractivity contribution is -0.148. The third kappa shape index (κ3) is 5.64. The zero-order chi connectivity index (χ0) is 25.7. The van der Waals surface area contributed by atoms with Gasteiger partial charge in [0.05, 0.1) is 38.4 Å². The second-order valence-electron chi connectivity index (χ2n) is 7.84. The van der Waals surface area contributed by atoms with Crippen molar-refractivity contribution in [3.05, 3.63) is 56.5 Å². The van der Waals surface area contributed by atoms with Gasteiger partial charge in [-0.25, -0.2) is 9.78 Å². The lowest BCUT2D eigenvalue weighted by Crippen LogP contribution is -2.25. The van der Waals surface area contributed by atoms with Crippen LogP contribution < -0.4 is 19.8 Å². The average molecular weight is 546 g/mol. The van der Waals surface area contributed by atoms with Crippen LogP contribution >= 0.6 is 15.9 Å². The van der Waals surface area contributed by atoms with Crippen molar-refractivity contribution < 1.29 is 23.7 Å². The summed E-state index contributed by atoms with van der Waals surface area (Å²) >= 11 is 3.41. The van der Waals surface area contributed by atoms with Gasteiger partial charge in [-0.3, -0.25) is 4.79 Å². The summed E-state index contributed by atoms with van der Waals surface area (Å²) < 4.78 is 23.5. The lowest BCUT2D eigenvalue weighted by Gasteiger charge is -2.18. The molecule has 0 unspecified atom stereocenters. The fraction of sp³-hybridized carbons (Fsp3) is 0.360. The number of rotatable bonds is 9. The van der Waals surface area contributed by atoms with E-state index in [1.165, 1.54) is 32.2 Å². The predicted molar refractivity (Wildman–Crippen MR) is 137 cm³/mol. The van der Waals surface area contributed by atoms with Crippen LogP contribution in [0.4, 0.5) is 0 Å². The van der Waals surface area contributed by atoms with Crippen LogP contribution in [0.1, 0.15) is 44.5 Å². The third-order valence-electron chi connectivity index (χ3n) is 5.52. The van der Waals surface area contributed by atoms with E-state index in [0.29, 0.717) is 33.8 Å². The molecule has 0 aliphatic rings. The first kappa shape index (κ1) is 26.2. The summed E-state index contributed by atoms with van der Waals surface area (Å²) in [6.45, 7) is 5.59. The number of hydrogen-bond acceptors (Lipinski definition) is 8. The maximum atomic E-state index is 13.3. The van der Waals surface area contributed by atoms with Crippen molar-refractivity contribution in [2.45, 2.75) is 39.2 Å². The Morgan fingerprint density at radius 2 is 1.80 bits per heavy atom. The largest absolute Gasteiger partial charge is 0.493 e. The Kier molecular flexibility index (Phi) is 8.50. The molecule has 0 saturated heterocycles. The first-order chi connectivity index (χ1) is 16.7. The molecule has 3 rings (SSSR count). The Bertz CT molecular complexity index is 1300. The molecule has 3 aromatic rings. The number of esters is 1. The molecule has 10 heteroatoms. The zero-order valence-corrected chi connectivity index (χ0v) is 22.1. The molecule has 35 heavy (non-hydrogen) atoms. The van der Waals surface area contributed by atoms with Crippen LogP contribution in [0, 0.1) is 0 Å². The van der Waals surface area contributed by atoms with E-state index < -0.39 is 12.1 Å². The summed E-state index contributed by atoms with van der Waals surface area (Å²) in [4.78, 5) is 29.9. The van der Waals surface area contributed by atoms with Gasteiger partial charge in [-0.2, -0.15) is 9.78 Å². The topological polar surface area (TPSA) is 101 Å². The minimum atomic E-state index is -0.873. The van der Waals surface area contributed by atoms with Crippen molar-refractivity contribution in [3.8, 4) is 17.2 Å². The number of nitrogens with zero attached hydrogens (tertiary/aromatic N) is 3. The highest BCUT2D eigenvalue weighted by Gasteiger charge is 2.22. The van der Waals surface area contributed by atoms with Gasteiger partial charge in [0.2, 0.25) is 5.75 Å². The summed E-state index contributed by atoms with van der Waals surface area (Å²) in [7, 11) is 4.23. The first-order valence-electron chi connectivity index (χ1n) is 11.0. The highest BCUT2D eigenvalue weighted by atomic mass is 79.9. The Labute approximate surface area is 211 Å². The first-order valence-corrected chi connectivity index (χ1v) is 11.8. The second-order valence-corrected chi connectivity index (χ2v) is 8.76. The predicted octanol–water partition coefficient (Wildman–Crippen LogP) is 4.51. The molecular weight excluding hydrogens is 518 g/mol. The number of ether oxygens (including phenoxy) is 4. The van der Waals surface area contributed by atoms with Gasteiger partial charge in [-0.1, -0.05) is 29.8 Å². The van der Waals surface area contributed by atoms with Gasteiger partial charge < -0.3 is 18.9 Å². The molecule has 0 fully saturated rings. The van der Waals surface area contributed by atoms with E-state index in [0.717, 1.165) is 10.9 Å². The minimum absolute atomic E-state index is 0.00699. The summed E-state index contributed by atoms with van der Waals surface area (Å²) in [5.74, 6) is 0.946. The van der Waals surface area contributed by atoms with Crippen LogP contribution in [0.15, 0.2) is 44.7 Å². The summed E-state index contributed by atoms with van der Waals surface area (Å²) in [6.07, 6.45) is 1.44. The number of methoxy groups -OCH3 is 3. The van der Waals surface area contributed by atoms with Crippen LogP contribution in [0.2, 0.25) is 0 Å². The van der Waals surface area contributed by atoms with Crippen LogP contribution in [-0.4, -0.2) is 49.3 Å². The highest BCUT2D eigenvalue weighted by molar-refractivity contribution is 9.10. The second kappa shape index (κ2) is 11.4. The number of benzene rings is 2. The van der Waals surface area contributed by atoms with Crippen molar-refractivity contribution in [2.75, 3.05) is 21.3 Å². The number of hydrogen-bond donors (Lipinski definition) is 0. The SMILES string of the molecule is CC[C@@H](C)c1nc2ccc(Br)cc2c(=O)n1N=Cc1cc(OC)c(O[C@H](C)C(=O)OC)c(OC)c1. The molecular formula is C25H28BrN3O6. The van der Waals surface area contributed by atoms with Crippen LogP contribution in [0.25, 0.3) is 10.9 Å². The molecule has 0 aliphatic carbocycles. The monoisotopic (exact) mass is 545 g/mol. The Morgan fingerprint density at radius 1 is 1.14 bits per heavy atom. The van der Waals surface area contributed by atoms with Gasteiger partial charge >= 0.3 is 5.97 Å². The van der Waals surface area contributed by atoms with Crippen LogP contribution in [-0.2, 0) is 9.53 Å². The van der Waals surface area contributed by atoms with Crippen molar-refractivity contribution in [1.29, 1.82) is 0 Å². The van der Waals surface area contributed by atoms with Gasteiger partial charge in [0.25, 0.3) is 5.56 Å². The highest BCUT2D eigenvalue weighted by Crippen LogP contribution is 2.39. The summed E-state index contributed by atoms with van der Waals surface area (Å²) in [5.41, 5.74) is 0.936. The van der Waals surface area contributed by atoms with Gasteiger partial charge in [-0.15, -0.1) is 0 Å². The fourth-order valence-electron chi connectivity index (χ4n) is 3.39. The maximum Gasteiger partial charge on any atom is 0.346 e. The van der Waals surface area contributed by atoms with E-state index in [9.17, 15) is 9.59 Å². The molecule has 0 radical (unpaired) electrons. The summed E-state index contributed by atoms with van der Waals surface area (Å²) in [6, 6.07) is 8.74.